The van der Waals surface area contributed by atoms with E-state index in [0.29, 0.717) is 18.3 Å². The highest BCUT2D eigenvalue weighted by molar-refractivity contribution is 5.66. The molecule has 0 aliphatic heterocycles. The van der Waals surface area contributed by atoms with Crippen molar-refractivity contribution in [3.63, 3.8) is 0 Å². The van der Waals surface area contributed by atoms with Crippen molar-refractivity contribution in [2.75, 3.05) is 0 Å². The van der Waals surface area contributed by atoms with Gasteiger partial charge in [0, 0.05) is 30.7 Å². The molecule has 0 radical (unpaired) electrons. The zero-order valence-corrected chi connectivity index (χ0v) is 19.4. The van der Waals surface area contributed by atoms with Gasteiger partial charge in [-0.3, -0.25) is 4.79 Å². The molecule has 1 heterocycles. The molecular weight excluding hydrogens is 408 g/mol. The molecule has 1 aromatic heterocycles. The number of hydrogen-bond donors (Lipinski definition) is 2. The Morgan fingerprint density at radius 2 is 1.91 bits per heavy atom. The van der Waals surface area contributed by atoms with Crippen LogP contribution >= 0.6 is 0 Å². The third-order valence-electron chi connectivity index (χ3n) is 10.2. The predicted molar refractivity (Wildman–Crippen MR) is 118 cm³/mol. The minimum absolute atomic E-state index is 0.133. The van der Waals surface area contributed by atoms with E-state index < -0.39 is 22.7 Å². The second-order valence-electron chi connectivity index (χ2n) is 11.5. The van der Waals surface area contributed by atoms with Crippen LogP contribution in [0.1, 0.15) is 83.6 Å². The van der Waals surface area contributed by atoms with E-state index in [2.05, 4.69) is 13.8 Å². The van der Waals surface area contributed by atoms with Gasteiger partial charge in [-0.05, 0) is 79.7 Å². The maximum atomic E-state index is 12.5. The third kappa shape index (κ3) is 3.05. The van der Waals surface area contributed by atoms with E-state index in [1.165, 1.54) is 19.3 Å². The number of hydrogen-bond acceptors (Lipinski definition) is 6. The van der Waals surface area contributed by atoms with Gasteiger partial charge in [-0.15, -0.1) is 0 Å². The molecule has 4 saturated carbocycles. The van der Waals surface area contributed by atoms with Gasteiger partial charge in [0.25, 0.3) is 0 Å². The van der Waals surface area contributed by atoms with Gasteiger partial charge in [-0.2, -0.15) is 0 Å². The van der Waals surface area contributed by atoms with Gasteiger partial charge in [0.05, 0.1) is 18.0 Å². The number of carbonyl (C=O) groups is 1. The van der Waals surface area contributed by atoms with Gasteiger partial charge in [0.15, 0.2) is 0 Å². The highest BCUT2D eigenvalue weighted by Crippen LogP contribution is 2.70. The quantitative estimate of drug-likeness (QED) is 0.674. The number of fused-ring (bicyclic) bond motifs is 5. The normalized spacial score (nSPS) is 47.8. The van der Waals surface area contributed by atoms with E-state index in [1.54, 1.807) is 6.07 Å². The molecule has 1 aromatic rings. The summed E-state index contributed by atoms with van der Waals surface area (Å²) in [6.07, 6.45) is 7.78. The summed E-state index contributed by atoms with van der Waals surface area (Å²) in [5.41, 5.74) is -0.903. The lowest BCUT2D eigenvalue weighted by Crippen LogP contribution is -2.62. The summed E-state index contributed by atoms with van der Waals surface area (Å²) in [5, 5.41) is 22.7. The van der Waals surface area contributed by atoms with Crippen molar-refractivity contribution in [2.45, 2.75) is 95.9 Å². The first-order valence-corrected chi connectivity index (χ1v) is 12.2. The van der Waals surface area contributed by atoms with E-state index in [9.17, 15) is 19.8 Å². The van der Waals surface area contributed by atoms with Gasteiger partial charge < -0.3 is 19.4 Å². The van der Waals surface area contributed by atoms with Gasteiger partial charge in [-0.25, -0.2) is 4.79 Å². The Balaban J connectivity index is 1.55. The molecule has 2 N–H and O–H groups in total. The molecule has 0 amide bonds. The van der Waals surface area contributed by atoms with Crippen LogP contribution in [0.2, 0.25) is 0 Å². The fraction of sp³-hybridized carbons (Fsp3) is 0.769. The van der Waals surface area contributed by atoms with Crippen LogP contribution in [0.4, 0.5) is 0 Å². The van der Waals surface area contributed by atoms with Crippen molar-refractivity contribution < 1.29 is 24.2 Å². The average molecular weight is 445 g/mol. The number of aliphatic hydroxyl groups is 2. The fourth-order valence-corrected chi connectivity index (χ4v) is 8.67. The Kier molecular flexibility index (Phi) is 5.14. The molecule has 0 spiro atoms. The Bertz CT molecular complexity index is 935. The van der Waals surface area contributed by atoms with Crippen LogP contribution in [-0.2, 0) is 9.53 Å². The largest absolute Gasteiger partial charge is 0.462 e. The SMILES string of the molecule is CC(=O)O[C@H]1C[C@]2(O)[C@@H]3CC[C@@H]4CC(O)CC[C@]4(C)[C@H]3CC[C@]2(C)[C@H]1c1ccc(=O)oc1. The number of aliphatic hydroxyl groups excluding tert-OH is 1. The summed E-state index contributed by atoms with van der Waals surface area (Å²) in [4.78, 5) is 23.6. The van der Waals surface area contributed by atoms with Crippen LogP contribution in [0.25, 0.3) is 0 Å². The summed E-state index contributed by atoms with van der Waals surface area (Å²) in [7, 11) is 0. The lowest BCUT2D eigenvalue weighted by atomic mass is 9.43. The Hall–Kier alpha value is -1.66. The first-order valence-electron chi connectivity index (χ1n) is 12.2. The summed E-state index contributed by atoms with van der Waals surface area (Å²) in [6.45, 7) is 5.94. The first kappa shape index (κ1) is 22.1. The zero-order valence-electron chi connectivity index (χ0n) is 19.4. The van der Waals surface area contributed by atoms with Crippen molar-refractivity contribution in [2.24, 2.45) is 28.6 Å². The van der Waals surface area contributed by atoms with Crippen molar-refractivity contribution in [3.05, 3.63) is 34.4 Å². The predicted octanol–water partition coefficient (Wildman–Crippen LogP) is 3.78. The van der Waals surface area contributed by atoms with Crippen LogP contribution in [0.15, 0.2) is 27.6 Å². The zero-order chi connectivity index (χ0) is 22.9. The standard InChI is InChI=1S/C26H36O6/c1-15(27)32-21-13-26(30)20-6-5-17-12-18(28)8-10-24(17,2)19(20)9-11-25(26,3)23(21)16-4-7-22(29)31-14-16/h4,7,14,17-21,23,28,30H,5-6,8-13H2,1-3H3/t17-,18?,19+,20-,21+,23+,24+,25-,26+/m1/s1. The number of ether oxygens (including phenoxy) is 1. The molecule has 4 aliphatic rings. The topological polar surface area (TPSA) is 97.0 Å². The molecule has 176 valence electrons. The van der Waals surface area contributed by atoms with Gasteiger partial charge in [-0.1, -0.05) is 13.8 Å². The third-order valence-corrected chi connectivity index (χ3v) is 10.2. The second kappa shape index (κ2) is 7.42. The van der Waals surface area contributed by atoms with E-state index in [-0.39, 0.29) is 29.3 Å². The van der Waals surface area contributed by atoms with Crippen molar-refractivity contribution in [1.29, 1.82) is 0 Å². The highest BCUT2D eigenvalue weighted by Gasteiger charge is 2.70. The molecular formula is C26H36O6. The van der Waals surface area contributed by atoms with Crippen LogP contribution in [-0.4, -0.2) is 34.0 Å². The molecule has 1 unspecified atom stereocenters. The van der Waals surface area contributed by atoms with Crippen LogP contribution in [0.5, 0.6) is 0 Å². The van der Waals surface area contributed by atoms with E-state index in [1.807, 2.05) is 0 Å². The lowest BCUT2D eigenvalue weighted by Gasteiger charge is -2.63. The maximum Gasteiger partial charge on any atom is 0.335 e. The summed E-state index contributed by atoms with van der Waals surface area (Å²) in [6, 6.07) is 3.17. The number of esters is 1. The Labute approximate surface area is 189 Å². The van der Waals surface area contributed by atoms with Crippen LogP contribution in [0, 0.1) is 28.6 Å². The molecule has 0 saturated heterocycles. The molecule has 4 fully saturated rings. The number of rotatable bonds is 2. The molecule has 5 rings (SSSR count). The van der Waals surface area contributed by atoms with Gasteiger partial charge in [0.2, 0.25) is 0 Å². The molecule has 0 aromatic carbocycles. The molecule has 9 atom stereocenters. The Morgan fingerprint density at radius 1 is 1.12 bits per heavy atom. The lowest BCUT2D eigenvalue weighted by molar-refractivity contribution is -0.205. The van der Waals surface area contributed by atoms with Crippen molar-refractivity contribution >= 4 is 5.97 Å². The average Bonchev–Trinajstić information content (AvgIpc) is 2.95. The maximum absolute atomic E-state index is 12.5. The molecule has 0 bridgehead atoms. The number of carbonyl (C=O) groups excluding carboxylic acids is 1. The monoisotopic (exact) mass is 444 g/mol. The summed E-state index contributed by atoms with van der Waals surface area (Å²) < 4.78 is 11.0. The first-order chi connectivity index (χ1) is 15.1. The van der Waals surface area contributed by atoms with Gasteiger partial charge >= 0.3 is 11.6 Å². The Morgan fingerprint density at radius 3 is 2.59 bits per heavy atom. The summed E-state index contributed by atoms with van der Waals surface area (Å²) in [5.74, 6) is 0.469. The van der Waals surface area contributed by atoms with E-state index >= 15 is 0 Å². The minimum atomic E-state index is -0.957. The van der Waals surface area contributed by atoms with Crippen LogP contribution < -0.4 is 5.63 Å². The van der Waals surface area contributed by atoms with Crippen LogP contribution in [0.3, 0.4) is 0 Å². The molecule has 4 aliphatic carbocycles. The fourth-order valence-electron chi connectivity index (χ4n) is 8.67. The van der Waals surface area contributed by atoms with Crippen molar-refractivity contribution in [3.8, 4) is 0 Å². The molecule has 6 heteroatoms. The van der Waals surface area contributed by atoms with Gasteiger partial charge in [0.1, 0.15) is 6.10 Å². The minimum Gasteiger partial charge on any atom is -0.462 e. The smallest absolute Gasteiger partial charge is 0.335 e. The second-order valence-corrected chi connectivity index (χ2v) is 11.5. The van der Waals surface area contributed by atoms with Crippen molar-refractivity contribution in [1.82, 2.24) is 0 Å². The van der Waals surface area contributed by atoms with E-state index in [4.69, 9.17) is 9.15 Å². The van der Waals surface area contributed by atoms with E-state index in [0.717, 1.165) is 50.5 Å². The highest BCUT2D eigenvalue weighted by atomic mass is 16.5. The summed E-state index contributed by atoms with van der Waals surface area (Å²) >= 11 is 0. The molecule has 6 nitrogen and oxygen atoms in total. The molecule has 32 heavy (non-hydrogen) atoms.